The van der Waals surface area contributed by atoms with E-state index in [0.29, 0.717) is 28.6 Å². The second-order valence-corrected chi connectivity index (χ2v) is 8.40. The van der Waals surface area contributed by atoms with Crippen molar-refractivity contribution in [3.05, 3.63) is 64.1 Å². The number of halogens is 1. The first-order chi connectivity index (χ1) is 14.8. The summed E-state index contributed by atoms with van der Waals surface area (Å²) in [7, 11) is 0. The Balaban J connectivity index is 1.74. The van der Waals surface area contributed by atoms with Crippen molar-refractivity contribution in [1.82, 2.24) is 9.88 Å². The fraction of sp³-hybridized carbons (Fsp3) is 0.360. The Bertz CT molecular complexity index is 1220. The van der Waals surface area contributed by atoms with Gasteiger partial charge in [-0.15, -0.1) is 0 Å². The second kappa shape index (κ2) is 7.82. The van der Waals surface area contributed by atoms with Gasteiger partial charge in [0, 0.05) is 34.1 Å². The maximum atomic E-state index is 14.3. The van der Waals surface area contributed by atoms with Gasteiger partial charge in [0.2, 0.25) is 0 Å². The summed E-state index contributed by atoms with van der Waals surface area (Å²) in [5.74, 6) is -0.0383. The van der Waals surface area contributed by atoms with Gasteiger partial charge in [-0.1, -0.05) is 27.7 Å². The van der Waals surface area contributed by atoms with Gasteiger partial charge in [0.1, 0.15) is 24.2 Å². The number of ketones is 1. The lowest BCUT2D eigenvalue weighted by Crippen LogP contribution is -2.30. The first-order valence-corrected chi connectivity index (χ1v) is 10.6. The normalized spacial score (nSPS) is 14.4. The topological polar surface area (TPSA) is 69.1 Å². The third-order valence-electron chi connectivity index (χ3n) is 6.34. The van der Waals surface area contributed by atoms with Crippen molar-refractivity contribution >= 4 is 16.7 Å². The molecule has 0 saturated carbocycles. The van der Waals surface area contributed by atoms with Crippen molar-refractivity contribution in [3.8, 4) is 11.8 Å². The smallest absolute Gasteiger partial charge is 0.195 e. The molecule has 1 aromatic heterocycles. The number of hydrogen-bond donors (Lipinski definition) is 1. The minimum absolute atomic E-state index is 0.0437. The summed E-state index contributed by atoms with van der Waals surface area (Å²) >= 11 is 0. The van der Waals surface area contributed by atoms with Crippen LogP contribution in [0.1, 0.15) is 60.4 Å². The number of fused-ring (bicyclic) bond motifs is 4. The first kappa shape index (κ1) is 21.1. The number of nitrogens with one attached hydrogen (secondary N) is 1. The molecule has 0 saturated heterocycles. The van der Waals surface area contributed by atoms with Gasteiger partial charge in [-0.3, -0.25) is 4.79 Å². The molecule has 3 aromatic rings. The molecule has 1 aliphatic rings. The number of carbonyl (C=O) groups is 1. The Kier molecular flexibility index (Phi) is 5.32. The molecule has 1 N–H and O–H groups in total. The van der Waals surface area contributed by atoms with E-state index in [-0.39, 0.29) is 11.3 Å². The van der Waals surface area contributed by atoms with E-state index in [1.165, 1.54) is 12.1 Å². The summed E-state index contributed by atoms with van der Waals surface area (Å²) in [6.07, 6.45) is 0. The lowest BCUT2D eigenvalue weighted by atomic mass is 9.71. The molecule has 1 aliphatic carbocycles. The molecule has 0 unspecified atom stereocenters. The summed E-state index contributed by atoms with van der Waals surface area (Å²) in [6, 6.07) is 10.2. The Morgan fingerprint density at radius 2 is 1.94 bits per heavy atom. The molecular formula is C25H26FN3O2. The van der Waals surface area contributed by atoms with Gasteiger partial charge in [-0.05, 0) is 49.0 Å². The monoisotopic (exact) mass is 419 g/mol. The number of ether oxygens (including phenoxy) is 1. The van der Waals surface area contributed by atoms with E-state index < -0.39 is 11.2 Å². The van der Waals surface area contributed by atoms with Crippen LogP contribution in [0.4, 0.5) is 4.39 Å². The standard InChI is InChI=1S/C25H26FN3O2/c1-5-29(6-2)9-10-31-16-7-8-17-19(12-16)25(3,4)24-22(23(17)30)18-13-20(26)15(14-27)11-21(18)28-24/h7-8,11-13,28H,5-6,9-10H2,1-4H3. The average molecular weight is 420 g/mol. The molecule has 4 rings (SSSR count). The number of H-pyrrole nitrogens is 1. The van der Waals surface area contributed by atoms with E-state index >= 15 is 0 Å². The number of aromatic amines is 1. The maximum Gasteiger partial charge on any atom is 0.195 e. The van der Waals surface area contributed by atoms with E-state index in [1.807, 2.05) is 32.0 Å². The zero-order valence-corrected chi connectivity index (χ0v) is 18.3. The third kappa shape index (κ3) is 3.39. The van der Waals surface area contributed by atoms with Gasteiger partial charge in [0.05, 0.1) is 11.1 Å². The predicted molar refractivity (Wildman–Crippen MR) is 118 cm³/mol. The fourth-order valence-corrected chi connectivity index (χ4v) is 4.44. The first-order valence-electron chi connectivity index (χ1n) is 10.6. The fourth-order valence-electron chi connectivity index (χ4n) is 4.44. The summed E-state index contributed by atoms with van der Waals surface area (Å²) in [5, 5.41) is 9.67. The van der Waals surface area contributed by atoms with Crippen LogP contribution in [-0.4, -0.2) is 41.9 Å². The number of nitriles is 1. The van der Waals surface area contributed by atoms with Crippen molar-refractivity contribution in [2.45, 2.75) is 33.1 Å². The molecule has 0 amide bonds. The number of nitrogens with zero attached hydrogens (tertiary/aromatic N) is 2. The van der Waals surface area contributed by atoms with Crippen molar-refractivity contribution in [2.24, 2.45) is 0 Å². The van der Waals surface area contributed by atoms with Crippen LogP contribution >= 0.6 is 0 Å². The van der Waals surface area contributed by atoms with Crippen LogP contribution in [0.25, 0.3) is 10.9 Å². The highest BCUT2D eigenvalue weighted by molar-refractivity contribution is 6.20. The van der Waals surface area contributed by atoms with Crippen LogP contribution in [0.5, 0.6) is 5.75 Å². The molecule has 0 fully saturated rings. The molecule has 31 heavy (non-hydrogen) atoms. The quantitative estimate of drug-likeness (QED) is 0.625. The van der Waals surface area contributed by atoms with Crippen LogP contribution in [-0.2, 0) is 5.41 Å². The molecular weight excluding hydrogens is 393 g/mol. The molecule has 0 radical (unpaired) electrons. The van der Waals surface area contributed by atoms with E-state index in [0.717, 1.165) is 36.6 Å². The largest absolute Gasteiger partial charge is 0.492 e. The van der Waals surface area contributed by atoms with E-state index in [1.54, 1.807) is 6.07 Å². The predicted octanol–water partition coefficient (Wildman–Crippen LogP) is 4.77. The van der Waals surface area contributed by atoms with Gasteiger partial charge in [-0.25, -0.2) is 4.39 Å². The third-order valence-corrected chi connectivity index (χ3v) is 6.34. The van der Waals surface area contributed by atoms with Gasteiger partial charge < -0.3 is 14.6 Å². The number of benzene rings is 2. The summed E-state index contributed by atoms with van der Waals surface area (Å²) in [6.45, 7) is 11.7. The molecule has 2 aromatic carbocycles. The average Bonchev–Trinajstić information content (AvgIpc) is 3.14. The Hall–Kier alpha value is -3.17. The van der Waals surface area contributed by atoms with E-state index in [2.05, 4.69) is 23.7 Å². The number of aromatic nitrogens is 1. The molecule has 0 bridgehead atoms. The summed E-state index contributed by atoms with van der Waals surface area (Å²) in [4.78, 5) is 18.9. The second-order valence-electron chi connectivity index (χ2n) is 8.40. The van der Waals surface area contributed by atoms with Gasteiger partial charge in [-0.2, -0.15) is 5.26 Å². The number of rotatable bonds is 6. The van der Waals surface area contributed by atoms with Gasteiger partial charge in [0.15, 0.2) is 5.78 Å². The van der Waals surface area contributed by atoms with E-state index in [9.17, 15) is 9.18 Å². The van der Waals surface area contributed by atoms with E-state index in [4.69, 9.17) is 10.00 Å². The lowest BCUT2D eigenvalue weighted by Gasteiger charge is -2.32. The molecule has 0 aliphatic heterocycles. The highest BCUT2D eigenvalue weighted by Gasteiger charge is 2.40. The minimum Gasteiger partial charge on any atom is -0.492 e. The summed E-state index contributed by atoms with van der Waals surface area (Å²) < 4.78 is 20.3. The molecule has 0 spiro atoms. The zero-order chi connectivity index (χ0) is 22.3. The van der Waals surface area contributed by atoms with Crippen molar-refractivity contribution in [3.63, 3.8) is 0 Å². The minimum atomic E-state index is -0.620. The Morgan fingerprint density at radius 1 is 1.19 bits per heavy atom. The highest BCUT2D eigenvalue weighted by atomic mass is 19.1. The Labute approximate surface area is 181 Å². The van der Waals surface area contributed by atoms with Gasteiger partial charge in [0.25, 0.3) is 0 Å². The van der Waals surface area contributed by atoms with Crippen LogP contribution in [0.15, 0.2) is 30.3 Å². The summed E-state index contributed by atoms with van der Waals surface area (Å²) in [5.41, 5.74) is 2.71. The molecule has 0 atom stereocenters. The molecule has 160 valence electrons. The van der Waals surface area contributed by atoms with Crippen LogP contribution < -0.4 is 4.74 Å². The van der Waals surface area contributed by atoms with Crippen LogP contribution in [0, 0.1) is 17.1 Å². The van der Waals surface area contributed by atoms with Crippen LogP contribution in [0.3, 0.4) is 0 Å². The molecule has 1 heterocycles. The molecule has 5 nitrogen and oxygen atoms in total. The number of carbonyl (C=O) groups excluding carboxylic acids is 1. The van der Waals surface area contributed by atoms with Crippen molar-refractivity contribution in [2.75, 3.05) is 26.2 Å². The number of hydrogen-bond acceptors (Lipinski definition) is 4. The molecule has 6 heteroatoms. The Morgan fingerprint density at radius 3 is 2.61 bits per heavy atom. The zero-order valence-electron chi connectivity index (χ0n) is 18.3. The highest BCUT2D eigenvalue weighted by Crippen LogP contribution is 2.44. The van der Waals surface area contributed by atoms with Crippen molar-refractivity contribution < 1.29 is 13.9 Å². The van der Waals surface area contributed by atoms with Gasteiger partial charge >= 0.3 is 0 Å². The van der Waals surface area contributed by atoms with Crippen molar-refractivity contribution in [1.29, 1.82) is 5.26 Å². The number of likely N-dealkylation sites (N-methyl/N-ethyl adjacent to an activating group) is 1. The maximum absolute atomic E-state index is 14.3. The van der Waals surface area contributed by atoms with Crippen LogP contribution in [0.2, 0.25) is 0 Å². The SMILES string of the molecule is CCN(CC)CCOc1ccc2c(c1)C(C)(C)c1[nH]c3cc(C#N)c(F)cc3c1C2=O. The lowest BCUT2D eigenvalue weighted by molar-refractivity contribution is 0.103.